The smallest absolute Gasteiger partial charge is 0.317 e. The van der Waals surface area contributed by atoms with Crippen LogP contribution < -0.4 is 5.32 Å². The van der Waals surface area contributed by atoms with Gasteiger partial charge in [-0.05, 0) is 31.1 Å². The van der Waals surface area contributed by atoms with E-state index in [2.05, 4.69) is 12.2 Å². The zero-order chi connectivity index (χ0) is 13.6. The third-order valence-electron chi connectivity index (χ3n) is 3.58. The largest absolute Gasteiger partial charge is 0.481 e. The van der Waals surface area contributed by atoms with Crippen LogP contribution >= 0.6 is 0 Å². The third-order valence-corrected chi connectivity index (χ3v) is 3.58. The topological polar surface area (TPSA) is 69.6 Å². The molecule has 1 fully saturated rings. The highest BCUT2D eigenvalue weighted by molar-refractivity contribution is 5.74. The lowest BCUT2D eigenvalue weighted by Crippen LogP contribution is -2.40. The summed E-state index contributed by atoms with van der Waals surface area (Å²) in [4.78, 5) is 23.7. The van der Waals surface area contributed by atoms with Crippen molar-refractivity contribution in [3.8, 4) is 0 Å². The lowest BCUT2D eigenvalue weighted by Gasteiger charge is -2.20. The quantitative estimate of drug-likeness (QED) is 0.698. The molecule has 5 nitrogen and oxygen atoms in total. The van der Waals surface area contributed by atoms with E-state index in [0.29, 0.717) is 18.4 Å². The van der Waals surface area contributed by atoms with Crippen LogP contribution in [-0.4, -0.2) is 42.1 Å². The van der Waals surface area contributed by atoms with Gasteiger partial charge in [0.05, 0.1) is 0 Å². The van der Waals surface area contributed by atoms with Crippen LogP contribution in [0.2, 0.25) is 0 Å². The van der Waals surface area contributed by atoms with Gasteiger partial charge in [0.1, 0.15) is 0 Å². The number of aliphatic carboxylic acids is 1. The first-order valence-corrected chi connectivity index (χ1v) is 6.70. The zero-order valence-corrected chi connectivity index (χ0v) is 11.4. The zero-order valence-electron chi connectivity index (χ0n) is 11.4. The molecule has 2 amide bonds. The van der Waals surface area contributed by atoms with Crippen molar-refractivity contribution in [2.75, 3.05) is 20.1 Å². The molecule has 0 atom stereocenters. The molecule has 5 heteroatoms. The molecule has 0 bridgehead atoms. The van der Waals surface area contributed by atoms with E-state index in [9.17, 15) is 9.59 Å². The molecule has 1 aliphatic carbocycles. The maximum atomic E-state index is 11.8. The summed E-state index contributed by atoms with van der Waals surface area (Å²) in [6, 6.07) is -0.0947. The predicted molar refractivity (Wildman–Crippen MR) is 69.5 cm³/mol. The van der Waals surface area contributed by atoms with E-state index in [1.54, 1.807) is 11.9 Å². The van der Waals surface area contributed by atoms with Gasteiger partial charge in [-0.1, -0.05) is 13.3 Å². The Balaban J connectivity index is 2.17. The summed E-state index contributed by atoms with van der Waals surface area (Å²) in [6.45, 7) is 3.40. The number of hydrogen-bond donors (Lipinski definition) is 2. The van der Waals surface area contributed by atoms with Crippen molar-refractivity contribution in [2.24, 2.45) is 5.41 Å². The molecule has 2 N–H and O–H groups in total. The summed E-state index contributed by atoms with van der Waals surface area (Å²) < 4.78 is 0. The monoisotopic (exact) mass is 256 g/mol. The molecule has 104 valence electrons. The second-order valence-corrected chi connectivity index (χ2v) is 5.33. The number of carboxylic acid groups (broad SMARTS) is 1. The number of nitrogens with zero attached hydrogens (tertiary/aromatic N) is 1. The summed E-state index contributed by atoms with van der Waals surface area (Å²) >= 11 is 0. The minimum absolute atomic E-state index is 0.0947. The van der Waals surface area contributed by atoms with Gasteiger partial charge in [-0.3, -0.25) is 4.79 Å². The van der Waals surface area contributed by atoms with Crippen LogP contribution in [0.25, 0.3) is 0 Å². The summed E-state index contributed by atoms with van der Waals surface area (Å²) in [5.74, 6) is -0.816. The highest BCUT2D eigenvalue weighted by Crippen LogP contribution is 2.48. The maximum absolute atomic E-state index is 11.8. The Morgan fingerprint density at radius 1 is 1.39 bits per heavy atom. The van der Waals surface area contributed by atoms with Crippen LogP contribution in [0.5, 0.6) is 0 Å². The van der Waals surface area contributed by atoms with Crippen LogP contribution in [0.1, 0.15) is 45.4 Å². The van der Waals surface area contributed by atoms with Gasteiger partial charge in [-0.15, -0.1) is 0 Å². The van der Waals surface area contributed by atoms with E-state index in [1.807, 2.05) is 0 Å². The van der Waals surface area contributed by atoms with Crippen LogP contribution in [-0.2, 0) is 4.79 Å². The summed E-state index contributed by atoms with van der Waals surface area (Å²) in [5.41, 5.74) is 0.353. The number of hydrogen-bond acceptors (Lipinski definition) is 2. The minimum Gasteiger partial charge on any atom is -0.481 e. The van der Waals surface area contributed by atoms with Crippen molar-refractivity contribution >= 4 is 12.0 Å². The molecule has 0 aromatic carbocycles. The predicted octanol–water partition coefficient (Wildman–Crippen LogP) is 2.07. The van der Waals surface area contributed by atoms with Gasteiger partial charge < -0.3 is 15.3 Å². The lowest BCUT2D eigenvalue weighted by atomic mass is 10.0. The van der Waals surface area contributed by atoms with Crippen LogP contribution in [0.15, 0.2) is 0 Å². The Labute approximate surface area is 109 Å². The molecule has 0 aromatic rings. The summed E-state index contributed by atoms with van der Waals surface area (Å²) in [6.07, 6.45) is 5.37. The number of urea groups is 1. The number of rotatable bonds is 8. The second kappa shape index (κ2) is 6.61. The van der Waals surface area contributed by atoms with Gasteiger partial charge in [0.15, 0.2) is 0 Å². The van der Waals surface area contributed by atoms with Crippen LogP contribution in [0.3, 0.4) is 0 Å². The van der Waals surface area contributed by atoms with Crippen LogP contribution in [0, 0.1) is 5.41 Å². The molecule has 0 heterocycles. The Hall–Kier alpha value is -1.26. The van der Waals surface area contributed by atoms with Crippen molar-refractivity contribution in [1.82, 2.24) is 10.2 Å². The van der Waals surface area contributed by atoms with E-state index >= 15 is 0 Å². The van der Waals surface area contributed by atoms with E-state index in [1.165, 1.54) is 19.3 Å². The van der Waals surface area contributed by atoms with E-state index in [-0.39, 0.29) is 12.5 Å². The second-order valence-electron chi connectivity index (χ2n) is 5.33. The standard InChI is InChI=1S/C13H24N2O3/c1-3-6-13(7-8-13)10-14-12(18)15(2)9-4-5-11(16)17/h3-10H2,1-2H3,(H,14,18)(H,16,17). The van der Waals surface area contributed by atoms with Crippen molar-refractivity contribution < 1.29 is 14.7 Å². The minimum atomic E-state index is -0.816. The third kappa shape index (κ3) is 4.94. The number of carbonyl (C=O) groups excluding carboxylic acids is 1. The molecule has 18 heavy (non-hydrogen) atoms. The molecule has 1 aliphatic rings. The molecule has 0 aromatic heterocycles. The molecule has 0 saturated heterocycles. The first-order valence-electron chi connectivity index (χ1n) is 6.70. The Bertz CT molecular complexity index is 301. The van der Waals surface area contributed by atoms with Gasteiger partial charge in [-0.2, -0.15) is 0 Å². The first kappa shape index (κ1) is 14.8. The molecule has 1 saturated carbocycles. The molecule has 0 unspecified atom stereocenters. The van der Waals surface area contributed by atoms with Crippen molar-refractivity contribution in [1.29, 1.82) is 0 Å². The first-order chi connectivity index (χ1) is 8.49. The molecule has 0 spiro atoms. The molecule has 0 radical (unpaired) electrons. The average molecular weight is 256 g/mol. The number of nitrogens with one attached hydrogen (secondary N) is 1. The Morgan fingerprint density at radius 3 is 2.56 bits per heavy atom. The molecule has 1 rings (SSSR count). The van der Waals surface area contributed by atoms with Crippen molar-refractivity contribution in [2.45, 2.75) is 45.4 Å². The fourth-order valence-electron chi connectivity index (χ4n) is 2.19. The van der Waals surface area contributed by atoms with Gasteiger partial charge in [0, 0.05) is 26.6 Å². The fraction of sp³-hybridized carbons (Fsp3) is 0.846. The highest BCUT2D eigenvalue weighted by atomic mass is 16.4. The van der Waals surface area contributed by atoms with Gasteiger partial charge in [0.2, 0.25) is 0 Å². The average Bonchev–Trinajstić information content (AvgIpc) is 3.06. The van der Waals surface area contributed by atoms with E-state index < -0.39 is 5.97 Å². The van der Waals surface area contributed by atoms with Gasteiger partial charge in [-0.25, -0.2) is 4.79 Å². The van der Waals surface area contributed by atoms with E-state index in [0.717, 1.165) is 13.0 Å². The van der Waals surface area contributed by atoms with E-state index in [4.69, 9.17) is 5.11 Å². The van der Waals surface area contributed by atoms with Gasteiger partial charge in [0.25, 0.3) is 0 Å². The lowest BCUT2D eigenvalue weighted by molar-refractivity contribution is -0.137. The van der Waals surface area contributed by atoms with Crippen molar-refractivity contribution in [3.05, 3.63) is 0 Å². The number of carboxylic acids is 1. The van der Waals surface area contributed by atoms with Crippen LogP contribution in [0.4, 0.5) is 4.79 Å². The molecule has 0 aliphatic heterocycles. The Kier molecular flexibility index (Phi) is 5.44. The van der Waals surface area contributed by atoms with Gasteiger partial charge >= 0.3 is 12.0 Å². The number of carbonyl (C=O) groups is 2. The maximum Gasteiger partial charge on any atom is 0.317 e. The van der Waals surface area contributed by atoms with Crippen molar-refractivity contribution in [3.63, 3.8) is 0 Å². The molecular formula is C13H24N2O3. The molecular weight excluding hydrogens is 232 g/mol. The Morgan fingerprint density at radius 2 is 2.06 bits per heavy atom. The SMILES string of the molecule is CCCC1(CNC(=O)N(C)CCCC(=O)O)CC1. The number of amides is 2. The summed E-state index contributed by atoms with van der Waals surface area (Å²) in [5, 5.41) is 11.5. The summed E-state index contributed by atoms with van der Waals surface area (Å²) in [7, 11) is 1.70. The fourth-order valence-corrected chi connectivity index (χ4v) is 2.19. The normalized spacial score (nSPS) is 16.1. The highest BCUT2D eigenvalue weighted by Gasteiger charge is 2.41.